The Bertz CT molecular complexity index is 910. The molecule has 1 atom stereocenters. The fourth-order valence-corrected chi connectivity index (χ4v) is 5.24. The van der Waals surface area contributed by atoms with Crippen LogP contribution in [0.1, 0.15) is 22.8 Å². The molecule has 2 aromatic carbocycles. The summed E-state index contributed by atoms with van der Waals surface area (Å²) in [5.74, 6) is -0.239. The van der Waals surface area contributed by atoms with Gasteiger partial charge in [0.1, 0.15) is 0 Å². The van der Waals surface area contributed by atoms with Crippen molar-refractivity contribution in [3.8, 4) is 0 Å². The summed E-state index contributed by atoms with van der Waals surface area (Å²) in [4.78, 5) is 14.1. The highest BCUT2D eigenvalue weighted by molar-refractivity contribution is 7.91. The molecule has 26 heavy (non-hydrogen) atoms. The second kappa shape index (κ2) is 8.06. The van der Waals surface area contributed by atoms with Crippen LogP contribution in [0.15, 0.2) is 60.7 Å². The third kappa shape index (κ3) is 4.34. The average Bonchev–Trinajstić information content (AvgIpc) is 2.79. The number of rotatable bonds is 3. The molecule has 0 bridgehead atoms. The standard InChI is InChI=1S/C20H20ClNO3S/c21-18-9-5-4-8-17(18)19-12-13-22(14-15-26(19,24)25)20(23)11-10-16-6-2-1-3-7-16/h1-11,19H,12-15H2/b11-10+. The lowest BCUT2D eigenvalue weighted by Crippen LogP contribution is -2.32. The third-order valence-corrected chi connectivity index (χ3v) is 6.97. The van der Waals surface area contributed by atoms with Crippen molar-refractivity contribution in [1.29, 1.82) is 0 Å². The van der Waals surface area contributed by atoms with Gasteiger partial charge in [0, 0.05) is 24.2 Å². The van der Waals surface area contributed by atoms with Gasteiger partial charge in [-0.05, 0) is 29.7 Å². The van der Waals surface area contributed by atoms with Crippen LogP contribution in [0.2, 0.25) is 5.02 Å². The molecule has 136 valence electrons. The van der Waals surface area contributed by atoms with Gasteiger partial charge in [-0.2, -0.15) is 0 Å². The van der Waals surface area contributed by atoms with Gasteiger partial charge in [0.05, 0.1) is 11.0 Å². The topological polar surface area (TPSA) is 54.5 Å². The molecule has 1 heterocycles. The van der Waals surface area contributed by atoms with Gasteiger partial charge in [0.15, 0.2) is 9.84 Å². The molecule has 1 amide bonds. The van der Waals surface area contributed by atoms with Crippen LogP contribution in [0.5, 0.6) is 0 Å². The number of carbonyl (C=O) groups excluding carboxylic acids is 1. The number of hydrogen-bond donors (Lipinski definition) is 0. The minimum absolute atomic E-state index is 0.0617. The van der Waals surface area contributed by atoms with Crippen molar-refractivity contribution < 1.29 is 13.2 Å². The molecule has 0 saturated carbocycles. The lowest BCUT2D eigenvalue weighted by atomic mass is 10.1. The quantitative estimate of drug-likeness (QED) is 0.751. The Morgan fingerprint density at radius 1 is 1.04 bits per heavy atom. The highest BCUT2D eigenvalue weighted by Crippen LogP contribution is 2.33. The van der Waals surface area contributed by atoms with Crippen molar-refractivity contribution in [2.45, 2.75) is 11.7 Å². The molecule has 0 N–H and O–H groups in total. The van der Waals surface area contributed by atoms with Crippen molar-refractivity contribution in [2.24, 2.45) is 0 Å². The highest BCUT2D eigenvalue weighted by Gasteiger charge is 2.33. The highest BCUT2D eigenvalue weighted by atomic mass is 35.5. The summed E-state index contributed by atoms with van der Waals surface area (Å²) in [7, 11) is -3.37. The van der Waals surface area contributed by atoms with E-state index in [1.807, 2.05) is 30.3 Å². The zero-order chi connectivity index (χ0) is 18.6. The molecule has 2 aromatic rings. The molecule has 1 aliphatic rings. The van der Waals surface area contributed by atoms with E-state index >= 15 is 0 Å². The predicted octanol–water partition coefficient (Wildman–Crippen LogP) is 3.74. The first-order valence-electron chi connectivity index (χ1n) is 8.45. The van der Waals surface area contributed by atoms with Crippen LogP contribution in [0.3, 0.4) is 0 Å². The van der Waals surface area contributed by atoms with Gasteiger partial charge in [0.2, 0.25) is 5.91 Å². The van der Waals surface area contributed by atoms with Gasteiger partial charge >= 0.3 is 0 Å². The summed E-state index contributed by atoms with van der Waals surface area (Å²) < 4.78 is 25.4. The van der Waals surface area contributed by atoms with Crippen LogP contribution < -0.4 is 0 Å². The summed E-state index contributed by atoms with van der Waals surface area (Å²) in [5, 5.41) is -0.225. The number of halogens is 1. The molecule has 1 saturated heterocycles. The number of amides is 1. The fourth-order valence-electron chi connectivity index (χ4n) is 3.09. The lowest BCUT2D eigenvalue weighted by molar-refractivity contribution is -0.125. The van der Waals surface area contributed by atoms with Crippen molar-refractivity contribution in [3.05, 3.63) is 76.8 Å². The van der Waals surface area contributed by atoms with Crippen molar-refractivity contribution in [1.82, 2.24) is 4.90 Å². The SMILES string of the molecule is O=C(/C=C/c1ccccc1)N1CCC(c2ccccc2Cl)S(=O)(=O)CC1. The lowest BCUT2D eigenvalue weighted by Gasteiger charge is -2.18. The van der Waals surface area contributed by atoms with E-state index in [1.165, 1.54) is 6.08 Å². The zero-order valence-electron chi connectivity index (χ0n) is 14.2. The van der Waals surface area contributed by atoms with Crippen LogP contribution in [0, 0.1) is 0 Å². The molecule has 1 fully saturated rings. The fraction of sp³-hybridized carbons (Fsp3) is 0.250. The van der Waals surface area contributed by atoms with Gasteiger partial charge in [-0.15, -0.1) is 0 Å². The monoisotopic (exact) mass is 389 g/mol. The molecule has 6 heteroatoms. The van der Waals surface area contributed by atoms with Crippen LogP contribution in [-0.4, -0.2) is 38.1 Å². The summed E-state index contributed by atoms with van der Waals surface area (Å²) in [6, 6.07) is 16.5. The van der Waals surface area contributed by atoms with Gasteiger partial charge in [-0.3, -0.25) is 4.79 Å². The molecule has 0 aromatic heterocycles. The van der Waals surface area contributed by atoms with E-state index in [2.05, 4.69) is 0 Å². The van der Waals surface area contributed by atoms with Crippen LogP contribution >= 0.6 is 11.6 Å². The van der Waals surface area contributed by atoms with Crippen LogP contribution in [0.25, 0.3) is 6.08 Å². The smallest absolute Gasteiger partial charge is 0.246 e. The largest absolute Gasteiger partial charge is 0.338 e. The van der Waals surface area contributed by atoms with Crippen LogP contribution in [-0.2, 0) is 14.6 Å². The Balaban J connectivity index is 1.75. The second-order valence-corrected chi connectivity index (χ2v) is 8.95. The predicted molar refractivity (Wildman–Crippen MR) is 105 cm³/mol. The molecule has 4 nitrogen and oxygen atoms in total. The molecular formula is C20H20ClNO3S. The molecule has 1 unspecified atom stereocenters. The molecule has 0 aliphatic carbocycles. The van der Waals surface area contributed by atoms with E-state index in [-0.39, 0.29) is 18.2 Å². The van der Waals surface area contributed by atoms with E-state index < -0.39 is 15.1 Å². The summed E-state index contributed by atoms with van der Waals surface area (Å²) in [6.07, 6.45) is 3.59. The number of benzene rings is 2. The molecular weight excluding hydrogens is 370 g/mol. The minimum atomic E-state index is -3.37. The zero-order valence-corrected chi connectivity index (χ0v) is 15.8. The molecule has 0 spiro atoms. The van der Waals surface area contributed by atoms with E-state index in [4.69, 9.17) is 11.6 Å². The van der Waals surface area contributed by atoms with Crippen molar-refractivity contribution >= 4 is 33.4 Å². The summed E-state index contributed by atoms with van der Waals surface area (Å²) in [5.41, 5.74) is 1.54. The van der Waals surface area contributed by atoms with E-state index in [1.54, 1.807) is 35.2 Å². The van der Waals surface area contributed by atoms with Gasteiger partial charge in [-0.1, -0.05) is 60.1 Å². The van der Waals surface area contributed by atoms with Crippen molar-refractivity contribution in [2.75, 3.05) is 18.8 Å². The second-order valence-electron chi connectivity index (χ2n) is 6.24. The Morgan fingerprint density at radius 2 is 1.73 bits per heavy atom. The maximum absolute atomic E-state index is 12.7. The van der Waals surface area contributed by atoms with E-state index in [0.29, 0.717) is 23.6 Å². The Kier molecular flexibility index (Phi) is 5.79. The molecule has 0 radical (unpaired) electrons. The maximum Gasteiger partial charge on any atom is 0.246 e. The van der Waals surface area contributed by atoms with Gasteiger partial charge in [0.25, 0.3) is 0 Å². The number of sulfone groups is 1. The summed E-state index contributed by atoms with van der Waals surface area (Å²) in [6.45, 7) is 0.578. The third-order valence-electron chi connectivity index (χ3n) is 4.52. The van der Waals surface area contributed by atoms with Crippen LogP contribution in [0.4, 0.5) is 0 Å². The van der Waals surface area contributed by atoms with Gasteiger partial charge in [-0.25, -0.2) is 8.42 Å². The van der Waals surface area contributed by atoms with E-state index in [9.17, 15) is 13.2 Å². The van der Waals surface area contributed by atoms with Crippen molar-refractivity contribution in [3.63, 3.8) is 0 Å². The number of nitrogens with zero attached hydrogens (tertiary/aromatic N) is 1. The first kappa shape index (κ1) is 18.7. The van der Waals surface area contributed by atoms with E-state index in [0.717, 1.165) is 5.56 Å². The number of carbonyl (C=O) groups is 1. The first-order valence-corrected chi connectivity index (χ1v) is 10.5. The Hall–Kier alpha value is -2.11. The first-order chi connectivity index (χ1) is 12.5. The Morgan fingerprint density at radius 3 is 2.46 bits per heavy atom. The minimum Gasteiger partial charge on any atom is -0.338 e. The molecule has 3 rings (SSSR count). The molecule has 1 aliphatic heterocycles. The van der Waals surface area contributed by atoms with Gasteiger partial charge < -0.3 is 4.90 Å². The Labute approximate surface area is 159 Å². The summed E-state index contributed by atoms with van der Waals surface area (Å²) >= 11 is 6.20. The number of hydrogen-bond acceptors (Lipinski definition) is 3. The normalized spacial score (nSPS) is 20.0. The maximum atomic E-state index is 12.7. The average molecular weight is 390 g/mol.